The van der Waals surface area contributed by atoms with Gasteiger partial charge in [0.25, 0.3) is 0 Å². The van der Waals surface area contributed by atoms with Gasteiger partial charge in [0, 0.05) is 13.1 Å². The zero-order valence-corrected chi connectivity index (χ0v) is 12.9. The number of fused-ring (bicyclic) bond motifs is 1. The molecule has 1 saturated heterocycles. The van der Waals surface area contributed by atoms with Gasteiger partial charge < -0.3 is 20.1 Å². The van der Waals surface area contributed by atoms with Crippen molar-refractivity contribution < 1.29 is 9.84 Å². The number of nitrogens with one attached hydrogen (secondary N) is 1. The Kier molecular flexibility index (Phi) is 4.52. The van der Waals surface area contributed by atoms with Crippen LogP contribution >= 0.6 is 11.3 Å². The second-order valence-electron chi connectivity index (χ2n) is 5.04. The Labute approximate surface area is 127 Å². The lowest BCUT2D eigenvalue weighted by Crippen LogP contribution is -2.48. The van der Waals surface area contributed by atoms with Gasteiger partial charge in [0.1, 0.15) is 10.6 Å². The molecule has 1 fully saturated rings. The number of hydrogen-bond acceptors (Lipinski definition) is 7. The van der Waals surface area contributed by atoms with E-state index < -0.39 is 0 Å². The van der Waals surface area contributed by atoms with E-state index in [-0.39, 0.29) is 12.6 Å². The molecule has 21 heavy (non-hydrogen) atoms. The minimum absolute atomic E-state index is 0.0456. The number of aliphatic hydroxyl groups is 1. The molecule has 6 nitrogen and oxygen atoms in total. The molecule has 1 unspecified atom stereocenters. The summed E-state index contributed by atoms with van der Waals surface area (Å²) in [6.45, 7) is 4.95. The fourth-order valence-electron chi connectivity index (χ4n) is 2.46. The molecule has 3 heterocycles. The smallest absolute Gasteiger partial charge is 0.226 e. The molecule has 0 saturated carbocycles. The topological polar surface area (TPSA) is 70.5 Å². The first-order valence-electron chi connectivity index (χ1n) is 7.28. The van der Waals surface area contributed by atoms with Crippen LogP contribution in [0.5, 0.6) is 0 Å². The monoisotopic (exact) mass is 308 g/mol. The lowest BCUT2D eigenvalue weighted by Gasteiger charge is -2.35. The highest BCUT2D eigenvalue weighted by molar-refractivity contribution is 7.16. The number of morpholine rings is 1. The summed E-state index contributed by atoms with van der Waals surface area (Å²) in [5.41, 5.74) is 0. The summed E-state index contributed by atoms with van der Waals surface area (Å²) in [4.78, 5) is 12.3. The summed E-state index contributed by atoms with van der Waals surface area (Å²) >= 11 is 1.61. The van der Waals surface area contributed by atoms with Crippen LogP contribution in [0.1, 0.15) is 13.3 Å². The number of aliphatic hydroxyl groups excluding tert-OH is 1. The Morgan fingerprint density at radius 2 is 2.43 bits per heavy atom. The van der Waals surface area contributed by atoms with Crippen molar-refractivity contribution in [2.75, 3.05) is 43.1 Å². The summed E-state index contributed by atoms with van der Waals surface area (Å²) in [5, 5.41) is 15.9. The average molecular weight is 308 g/mol. The SMILES string of the molecule is CCCNc1nc(N2CCOCC2CO)c2ccsc2n1. The number of hydrogen-bond donors (Lipinski definition) is 2. The lowest BCUT2D eigenvalue weighted by atomic mass is 10.2. The fraction of sp³-hybridized carbons (Fsp3) is 0.571. The standard InChI is InChI=1S/C14H20N4O2S/c1-2-4-15-14-16-12(11-3-7-21-13(11)17-14)18-5-6-20-9-10(18)8-19/h3,7,10,19H,2,4-6,8-9H2,1H3,(H,15,16,17). The number of nitrogens with zero attached hydrogens (tertiary/aromatic N) is 3. The molecule has 0 aromatic carbocycles. The molecule has 0 spiro atoms. The Morgan fingerprint density at radius 1 is 1.52 bits per heavy atom. The van der Waals surface area contributed by atoms with E-state index in [4.69, 9.17) is 4.74 Å². The quantitative estimate of drug-likeness (QED) is 0.876. The van der Waals surface area contributed by atoms with Crippen LogP contribution in [0.3, 0.4) is 0 Å². The van der Waals surface area contributed by atoms with Crippen molar-refractivity contribution in [2.45, 2.75) is 19.4 Å². The first-order valence-corrected chi connectivity index (χ1v) is 8.15. The van der Waals surface area contributed by atoms with Gasteiger partial charge in [-0.25, -0.2) is 4.98 Å². The molecule has 2 N–H and O–H groups in total. The summed E-state index contributed by atoms with van der Waals surface area (Å²) < 4.78 is 5.46. The molecular weight excluding hydrogens is 288 g/mol. The van der Waals surface area contributed by atoms with Crippen LogP contribution in [-0.4, -0.2) is 54.0 Å². The van der Waals surface area contributed by atoms with Crippen LogP contribution in [-0.2, 0) is 4.74 Å². The molecule has 0 amide bonds. The summed E-state index contributed by atoms with van der Waals surface area (Å²) in [6.07, 6.45) is 1.03. The average Bonchev–Trinajstić information content (AvgIpc) is 3.00. The van der Waals surface area contributed by atoms with Gasteiger partial charge in [-0.15, -0.1) is 11.3 Å². The van der Waals surface area contributed by atoms with Crippen molar-refractivity contribution >= 4 is 33.3 Å². The van der Waals surface area contributed by atoms with E-state index in [1.807, 2.05) is 11.4 Å². The molecule has 1 atom stereocenters. The van der Waals surface area contributed by atoms with Gasteiger partial charge in [0.2, 0.25) is 5.95 Å². The van der Waals surface area contributed by atoms with Crippen molar-refractivity contribution in [3.8, 4) is 0 Å². The third-order valence-corrected chi connectivity index (χ3v) is 4.36. The van der Waals surface area contributed by atoms with Crippen molar-refractivity contribution in [1.82, 2.24) is 9.97 Å². The highest BCUT2D eigenvalue weighted by Gasteiger charge is 2.26. The molecule has 2 aromatic rings. The first-order chi connectivity index (χ1) is 10.3. The number of rotatable bonds is 5. The van der Waals surface area contributed by atoms with Gasteiger partial charge in [-0.05, 0) is 17.9 Å². The highest BCUT2D eigenvalue weighted by atomic mass is 32.1. The van der Waals surface area contributed by atoms with Crippen LogP contribution in [0.4, 0.5) is 11.8 Å². The Balaban J connectivity index is 2.00. The van der Waals surface area contributed by atoms with Crippen molar-refractivity contribution in [1.29, 1.82) is 0 Å². The molecule has 2 aromatic heterocycles. The second-order valence-corrected chi connectivity index (χ2v) is 5.94. The minimum Gasteiger partial charge on any atom is -0.394 e. The van der Waals surface area contributed by atoms with Gasteiger partial charge >= 0.3 is 0 Å². The third-order valence-electron chi connectivity index (χ3n) is 3.55. The predicted octanol–water partition coefficient (Wildman–Crippen LogP) is 1.71. The van der Waals surface area contributed by atoms with Gasteiger partial charge in [0.15, 0.2) is 0 Å². The molecule has 1 aliphatic rings. The first kappa shape index (κ1) is 14.5. The molecular formula is C14H20N4O2S. The second kappa shape index (κ2) is 6.55. The maximum absolute atomic E-state index is 9.58. The molecule has 3 rings (SSSR count). The van der Waals surface area contributed by atoms with Crippen LogP contribution < -0.4 is 10.2 Å². The van der Waals surface area contributed by atoms with E-state index in [2.05, 4.69) is 27.1 Å². The number of ether oxygens (including phenoxy) is 1. The van der Waals surface area contributed by atoms with Gasteiger partial charge in [-0.1, -0.05) is 6.92 Å². The Morgan fingerprint density at radius 3 is 3.24 bits per heavy atom. The zero-order valence-electron chi connectivity index (χ0n) is 12.1. The van der Waals surface area contributed by atoms with E-state index in [0.29, 0.717) is 19.2 Å². The third kappa shape index (κ3) is 2.95. The highest BCUT2D eigenvalue weighted by Crippen LogP contribution is 2.31. The van der Waals surface area contributed by atoms with Gasteiger partial charge in [0.05, 0.1) is 31.2 Å². The molecule has 7 heteroatoms. The van der Waals surface area contributed by atoms with Crippen molar-refractivity contribution in [2.24, 2.45) is 0 Å². The fourth-order valence-corrected chi connectivity index (χ4v) is 3.22. The van der Waals surface area contributed by atoms with E-state index in [1.54, 1.807) is 11.3 Å². The zero-order chi connectivity index (χ0) is 14.7. The maximum atomic E-state index is 9.58. The molecule has 1 aliphatic heterocycles. The van der Waals surface area contributed by atoms with E-state index >= 15 is 0 Å². The number of aromatic nitrogens is 2. The van der Waals surface area contributed by atoms with E-state index in [1.165, 1.54) is 0 Å². The summed E-state index contributed by atoms with van der Waals surface area (Å²) in [6, 6.07) is 2.00. The predicted molar refractivity (Wildman–Crippen MR) is 85.2 cm³/mol. The largest absolute Gasteiger partial charge is 0.394 e. The minimum atomic E-state index is -0.0456. The van der Waals surface area contributed by atoms with Crippen LogP contribution in [0.15, 0.2) is 11.4 Å². The number of thiophene rings is 1. The maximum Gasteiger partial charge on any atom is 0.226 e. The van der Waals surface area contributed by atoms with Crippen molar-refractivity contribution in [3.05, 3.63) is 11.4 Å². The van der Waals surface area contributed by atoms with E-state index in [9.17, 15) is 5.11 Å². The van der Waals surface area contributed by atoms with Crippen LogP contribution in [0, 0.1) is 0 Å². The van der Waals surface area contributed by atoms with Crippen LogP contribution in [0.25, 0.3) is 10.2 Å². The molecule has 0 bridgehead atoms. The molecule has 114 valence electrons. The van der Waals surface area contributed by atoms with E-state index in [0.717, 1.165) is 35.5 Å². The Hall–Kier alpha value is -1.44. The number of anilines is 2. The lowest BCUT2D eigenvalue weighted by molar-refractivity contribution is 0.0724. The Bertz CT molecular complexity index is 604. The van der Waals surface area contributed by atoms with Gasteiger partial charge in [-0.2, -0.15) is 4.98 Å². The summed E-state index contributed by atoms with van der Waals surface area (Å²) in [5.74, 6) is 1.55. The van der Waals surface area contributed by atoms with Crippen LogP contribution in [0.2, 0.25) is 0 Å². The van der Waals surface area contributed by atoms with Crippen molar-refractivity contribution in [3.63, 3.8) is 0 Å². The molecule has 0 radical (unpaired) electrons. The molecule has 0 aliphatic carbocycles. The van der Waals surface area contributed by atoms with Gasteiger partial charge in [-0.3, -0.25) is 0 Å². The summed E-state index contributed by atoms with van der Waals surface area (Å²) in [7, 11) is 0. The normalized spacial score (nSPS) is 19.1.